The van der Waals surface area contributed by atoms with Crippen molar-refractivity contribution in [3.63, 3.8) is 0 Å². The van der Waals surface area contributed by atoms with E-state index in [1.54, 1.807) is 31.3 Å². The number of hydrazone groups is 1. The number of nitrogens with one attached hydrogen (secondary N) is 1. The summed E-state index contributed by atoms with van der Waals surface area (Å²) in [6.45, 7) is 0. The first kappa shape index (κ1) is 13.0. The smallest absolute Gasteiger partial charge is 0.263 e. The van der Waals surface area contributed by atoms with Gasteiger partial charge in [0.15, 0.2) is 5.11 Å². The molecule has 0 unspecified atom stereocenters. The summed E-state index contributed by atoms with van der Waals surface area (Å²) < 4.78 is 1.44. The van der Waals surface area contributed by atoms with Crippen LogP contribution in [-0.4, -0.2) is 21.0 Å². The van der Waals surface area contributed by atoms with Crippen molar-refractivity contribution in [1.82, 2.24) is 9.99 Å². The Bertz CT molecular complexity index is 736. The second-order valence-electron chi connectivity index (χ2n) is 3.88. The summed E-state index contributed by atoms with van der Waals surface area (Å²) in [5, 5.41) is 14.4. The molecule has 2 rings (SSSR count). The predicted octanol–water partition coefficient (Wildman–Crippen LogP) is 0.411. The van der Waals surface area contributed by atoms with Crippen molar-refractivity contribution in [2.75, 3.05) is 0 Å². The summed E-state index contributed by atoms with van der Waals surface area (Å²) >= 11 is 4.59. The van der Waals surface area contributed by atoms with Crippen LogP contribution in [0.25, 0.3) is 10.9 Å². The van der Waals surface area contributed by atoms with Crippen molar-refractivity contribution in [3.8, 4) is 5.75 Å². The van der Waals surface area contributed by atoms with E-state index in [0.717, 1.165) is 0 Å². The van der Waals surface area contributed by atoms with Gasteiger partial charge in [0.05, 0.1) is 11.7 Å². The molecular formula is C12H12N4O2S. The van der Waals surface area contributed by atoms with E-state index < -0.39 is 0 Å². The van der Waals surface area contributed by atoms with Crippen LogP contribution in [0.2, 0.25) is 0 Å². The number of para-hydroxylation sites is 1. The van der Waals surface area contributed by atoms with Gasteiger partial charge in [-0.15, -0.1) is 0 Å². The van der Waals surface area contributed by atoms with Crippen molar-refractivity contribution in [1.29, 1.82) is 0 Å². The zero-order valence-corrected chi connectivity index (χ0v) is 10.9. The number of rotatable bonds is 2. The predicted molar refractivity (Wildman–Crippen MR) is 78.4 cm³/mol. The van der Waals surface area contributed by atoms with E-state index in [9.17, 15) is 9.90 Å². The lowest BCUT2D eigenvalue weighted by atomic mass is 10.1. The molecule has 0 aliphatic carbocycles. The molecule has 0 aliphatic rings. The second-order valence-corrected chi connectivity index (χ2v) is 4.32. The molecule has 0 amide bonds. The summed E-state index contributed by atoms with van der Waals surface area (Å²) in [6.07, 6.45) is 1.20. The Balaban J connectivity index is 2.65. The number of hydrogen-bond donors (Lipinski definition) is 3. The van der Waals surface area contributed by atoms with Crippen LogP contribution in [-0.2, 0) is 7.05 Å². The van der Waals surface area contributed by atoms with Gasteiger partial charge in [-0.05, 0) is 24.4 Å². The van der Waals surface area contributed by atoms with E-state index >= 15 is 0 Å². The molecule has 98 valence electrons. The third-order valence-corrected chi connectivity index (χ3v) is 2.77. The molecule has 0 bridgehead atoms. The van der Waals surface area contributed by atoms with Crippen LogP contribution in [0, 0.1) is 0 Å². The molecule has 0 saturated carbocycles. The molecule has 0 aliphatic heterocycles. The Morgan fingerprint density at radius 3 is 2.89 bits per heavy atom. The second kappa shape index (κ2) is 5.07. The van der Waals surface area contributed by atoms with Crippen molar-refractivity contribution < 1.29 is 5.11 Å². The molecule has 6 nitrogen and oxygen atoms in total. The molecule has 0 spiro atoms. The summed E-state index contributed by atoms with van der Waals surface area (Å²) in [4.78, 5) is 12.1. The summed E-state index contributed by atoms with van der Waals surface area (Å²) in [7, 11) is 1.63. The molecule has 0 atom stereocenters. The number of hydrogen-bond acceptors (Lipinski definition) is 4. The molecule has 0 saturated heterocycles. The van der Waals surface area contributed by atoms with E-state index in [1.807, 2.05) is 0 Å². The lowest BCUT2D eigenvalue weighted by Gasteiger charge is -2.08. The van der Waals surface area contributed by atoms with Gasteiger partial charge in [0.1, 0.15) is 11.3 Å². The van der Waals surface area contributed by atoms with Gasteiger partial charge in [0.25, 0.3) is 5.56 Å². The Kier molecular flexibility index (Phi) is 3.48. The fraction of sp³-hybridized carbons (Fsp3) is 0.0833. The van der Waals surface area contributed by atoms with E-state index in [0.29, 0.717) is 10.9 Å². The van der Waals surface area contributed by atoms with Crippen molar-refractivity contribution in [3.05, 3.63) is 40.2 Å². The monoisotopic (exact) mass is 276 g/mol. The number of nitrogens with two attached hydrogens (primary N) is 1. The minimum absolute atomic E-state index is 0.0200. The SMILES string of the molecule is Cn1c(=O)c(/C=N/NC(N)=S)c(O)c2ccccc21. The Morgan fingerprint density at radius 1 is 1.53 bits per heavy atom. The minimum atomic E-state index is -0.357. The number of fused-ring (bicyclic) bond motifs is 1. The largest absolute Gasteiger partial charge is 0.506 e. The first-order chi connectivity index (χ1) is 9.02. The van der Waals surface area contributed by atoms with Crippen molar-refractivity contribution in [2.45, 2.75) is 0 Å². The molecule has 0 radical (unpaired) electrons. The Labute approximate surface area is 114 Å². The highest BCUT2D eigenvalue weighted by Crippen LogP contribution is 2.24. The molecule has 1 aromatic heterocycles. The van der Waals surface area contributed by atoms with Crippen LogP contribution >= 0.6 is 12.2 Å². The normalized spacial score (nSPS) is 11.0. The van der Waals surface area contributed by atoms with Gasteiger partial charge in [-0.1, -0.05) is 12.1 Å². The number of nitrogens with zero attached hydrogens (tertiary/aromatic N) is 2. The average molecular weight is 276 g/mol. The number of benzene rings is 1. The topological polar surface area (TPSA) is 92.6 Å². The highest BCUT2D eigenvalue weighted by Gasteiger charge is 2.12. The van der Waals surface area contributed by atoms with E-state index in [-0.39, 0.29) is 22.0 Å². The third kappa shape index (κ3) is 2.41. The molecule has 4 N–H and O–H groups in total. The molecule has 2 aromatic rings. The van der Waals surface area contributed by atoms with Gasteiger partial charge in [-0.3, -0.25) is 10.2 Å². The van der Waals surface area contributed by atoms with Gasteiger partial charge in [-0.25, -0.2) is 0 Å². The van der Waals surface area contributed by atoms with Gasteiger partial charge < -0.3 is 15.4 Å². The number of thiocarbonyl (C=S) groups is 1. The number of aromatic nitrogens is 1. The first-order valence-electron chi connectivity index (χ1n) is 5.41. The Morgan fingerprint density at radius 2 is 2.21 bits per heavy atom. The maximum Gasteiger partial charge on any atom is 0.263 e. The van der Waals surface area contributed by atoms with Crippen LogP contribution in [0.1, 0.15) is 5.56 Å². The van der Waals surface area contributed by atoms with E-state index in [1.165, 1.54) is 10.8 Å². The van der Waals surface area contributed by atoms with Gasteiger partial charge >= 0.3 is 0 Å². The fourth-order valence-corrected chi connectivity index (χ4v) is 1.83. The van der Waals surface area contributed by atoms with Gasteiger partial charge in [0.2, 0.25) is 0 Å². The van der Waals surface area contributed by atoms with Crippen LogP contribution in [0.4, 0.5) is 0 Å². The lowest BCUT2D eigenvalue weighted by molar-refractivity contribution is 0.478. The van der Waals surface area contributed by atoms with Crippen LogP contribution < -0.4 is 16.7 Å². The molecule has 0 fully saturated rings. The van der Waals surface area contributed by atoms with E-state index in [2.05, 4.69) is 22.7 Å². The summed E-state index contributed by atoms with van der Waals surface area (Å²) in [5.41, 5.74) is 7.91. The Hall–Kier alpha value is -2.41. The maximum absolute atomic E-state index is 12.1. The number of pyridine rings is 1. The molecule has 19 heavy (non-hydrogen) atoms. The molecule has 7 heteroatoms. The quantitative estimate of drug-likeness (QED) is 0.420. The molecular weight excluding hydrogens is 264 g/mol. The zero-order valence-electron chi connectivity index (χ0n) is 10.1. The lowest BCUT2D eigenvalue weighted by Crippen LogP contribution is -2.25. The molecule has 1 aromatic carbocycles. The van der Waals surface area contributed by atoms with Gasteiger partial charge in [0, 0.05) is 12.4 Å². The average Bonchev–Trinajstić information content (AvgIpc) is 2.40. The molecule has 1 heterocycles. The highest BCUT2D eigenvalue weighted by atomic mass is 32.1. The van der Waals surface area contributed by atoms with Crippen LogP contribution in [0.15, 0.2) is 34.2 Å². The number of aryl methyl sites for hydroxylation is 1. The maximum atomic E-state index is 12.1. The standard InChI is InChI=1S/C12H12N4O2S/c1-16-9-5-3-2-4-7(9)10(17)8(11(16)18)6-14-15-12(13)19/h2-6,17H,1H3,(H3,13,15,19)/b14-6+. The third-order valence-electron chi connectivity index (χ3n) is 2.68. The van der Waals surface area contributed by atoms with Gasteiger partial charge in [-0.2, -0.15) is 5.10 Å². The minimum Gasteiger partial charge on any atom is -0.506 e. The summed E-state index contributed by atoms with van der Waals surface area (Å²) in [6, 6.07) is 7.05. The van der Waals surface area contributed by atoms with E-state index in [4.69, 9.17) is 5.73 Å². The van der Waals surface area contributed by atoms with Crippen LogP contribution in [0.5, 0.6) is 5.75 Å². The zero-order chi connectivity index (χ0) is 14.0. The summed E-state index contributed by atoms with van der Waals surface area (Å²) in [5.74, 6) is -0.118. The first-order valence-corrected chi connectivity index (χ1v) is 5.82. The number of aromatic hydroxyl groups is 1. The fourth-order valence-electron chi connectivity index (χ4n) is 1.78. The highest BCUT2D eigenvalue weighted by molar-refractivity contribution is 7.80. The van der Waals surface area contributed by atoms with Crippen molar-refractivity contribution in [2.24, 2.45) is 17.9 Å². The van der Waals surface area contributed by atoms with Crippen molar-refractivity contribution >= 4 is 34.4 Å². The van der Waals surface area contributed by atoms with Crippen LogP contribution in [0.3, 0.4) is 0 Å².